The highest BCUT2D eigenvalue weighted by atomic mass is 35.5. The monoisotopic (exact) mass is 222 g/mol. The number of H-pyrrole nitrogens is 1. The Morgan fingerprint density at radius 3 is 2.87 bits per heavy atom. The molecule has 0 aliphatic carbocycles. The van der Waals surface area contributed by atoms with Gasteiger partial charge in [0.15, 0.2) is 0 Å². The van der Waals surface area contributed by atoms with E-state index >= 15 is 0 Å². The van der Waals surface area contributed by atoms with E-state index in [2.05, 4.69) is 4.98 Å². The number of aromatic amines is 1. The van der Waals surface area contributed by atoms with Gasteiger partial charge in [-0.05, 0) is 12.1 Å². The van der Waals surface area contributed by atoms with Crippen LogP contribution in [0.2, 0.25) is 5.02 Å². The molecular weight excluding hydrogens is 219 g/mol. The van der Waals surface area contributed by atoms with Crippen LogP contribution in [0.1, 0.15) is 5.56 Å². The van der Waals surface area contributed by atoms with Crippen LogP contribution in [-0.4, -0.2) is 4.98 Å². The number of benzene rings is 1. The molecule has 0 saturated carbocycles. The van der Waals surface area contributed by atoms with Crippen LogP contribution in [-0.2, 0) is 0 Å². The molecule has 0 saturated heterocycles. The minimum atomic E-state index is -0.612. The SMILES string of the molecule is N#Cc1c[nH]c2c(F)cc(Cl)cc2c1=O. The molecule has 0 unspecified atom stereocenters. The number of nitriles is 1. The smallest absolute Gasteiger partial charge is 0.207 e. The Balaban J connectivity index is 3.01. The van der Waals surface area contributed by atoms with Gasteiger partial charge >= 0.3 is 0 Å². The first-order valence-corrected chi connectivity index (χ1v) is 4.42. The summed E-state index contributed by atoms with van der Waals surface area (Å²) in [7, 11) is 0. The van der Waals surface area contributed by atoms with E-state index in [0.29, 0.717) is 0 Å². The molecule has 0 aliphatic rings. The summed E-state index contributed by atoms with van der Waals surface area (Å²) in [6.07, 6.45) is 1.18. The predicted octanol–water partition coefficient (Wildman–Crippen LogP) is 2.19. The highest BCUT2D eigenvalue weighted by Crippen LogP contribution is 2.18. The molecule has 1 heterocycles. The van der Waals surface area contributed by atoms with Crippen LogP contribution in [0.15, 0.2) is 23.1 Å². The summed E-state index contributed by atoms with van der Waals surface area (Å²) >= 11 is 5.62. The number of pyridine rings is 1. The molecule has 0 aliphatic heterocycles. The van der Waals surface area contributed by atoms with Crippen LogP contribution < -0.4 is 5.43 Å². The van der Waals surface area contributed by atoms with Gasteiger partial charge in [0.05, 0.1) is 10.9 Å². The van der Waals surface area contributed by atoms with E-state index in [1.165, 1.54) is 12.3 Å². The molecule has 15 heavy (non-hydrogen) atoms. The molecule has 1 aromatic carbocycles. The fourth-order valence-corrected chi connectivity index (χ4v) is 1.54. The summed E-state index contributed by atoms with van der Waals surface area (Å²) in [6.45, 7) is 0. The molecule has 2 rings (SSSR count). The summed E-state index contributed by atoms with van der Waals surface area (Å²) in [5.74, 6) is -0.612. The summed E-state index contributed by atoms with van der Waals surface area (Å²) in [5.41, 5.74) is -0.528. The quantitative estimate of drug-likeness (QED) is 0.743. The van der Waals surface area contributed by atoms with Crippen LogP contribution in [0.25, 0.3) is 10.9 Å². The number of nitrogens with one attached hydrogen (secondary N) is 1. The Labute approximate surface area is 88.7 Å². The standard InChI is InChI=1S/C10H4ClFN2O/c11-6-1-7-9(8(12)2-6)14-4-5(3-13)10(7)15/h1-2,4H,(H,14,15). The van der Waals surface area contributed by atoms with E-state index in [1.54, 1.807) is 6.07 Å². The van der Waals surface area contributed by atoms with Crippen molar-refractivity contribution in [1.82, 2.24) is 4.98 Å². The van der Waals surface area contributed by atoms with E-state index in [4.69, 9.17) is 16.9 Å². The molecule has 5 heteroatoms. The largest absolute Gasteiger partial charge is 0.357 e. The number of rotatable bonds is 0. The zero-order chi connectivity index (χ0) is 11.0. The molecule has 0 amide bonds. The minimum Gasteiger partial charge on any atom is -0.357 e. The lowest BCUT2D eigenvalue weighted by molar-refractivity contribution is 0.637. The number of hydrogen-bond acceptors (Lipinski definition) is 2. The van der Waals surface area contributed by atoms with Crippen molar-refractivity contribution in [2.75, 3.05) is 0 Å². The van der Waals surface area contributed by atoms with Gasteiger partial charge in [-0.2, -0.15) is 5.26 Å². The number of nitrogens with zero attached hydrogens (tertiary/aromatic N) is 1. The van der Waals surface area contributed by atoms with Crippen molar-refractivity contribution < 1.29 is 4.39 Å². The summed E-state index contributed by atoms with van der Waals surface area (Å²) < 4.78 is 13.3. The molecule has 74 valence electrons. The van der Waals surface area contributed by atoms with Crippen LogP contribution >= 0.6 is 11.6 Å². The van der Waals surface area contributed by atoms with Crippen molar-refractivity contribution in [3.8, 4) is 6.07 Å². The number of halogens is 2. The van der Waals surface area contributed by atoms with Gasteiger partial charge in [0.25, 0.3) is 0 Å². The highest BCUT2D eigenvalue weighted by molar-refractivity contribution is 6.31. The molecule has 0 bridgehead atoms. The third-order valence-electron chi connectivity index (χ3n) is 2.03. The minimum absolute atomic E-state index is 0.0587. The van der Waals surface area contributed by atoms with Crippen molar-refractivity contribution >= 4 is 22.5 Å². The lowest BCUT2D eigenvalue weighted by Gasteiger charge is -2.00. The zero-order valence-electron chi connectivity index (χ0n) is 7.34. The molecule has 0 spiro atoms. The second kappa shape index (κ2) is 3.37. The van der Waals surface area contributed by atoms with Crippen LogP contribution in [0, 0.1) is 17.1 Å². The van der Waals surface area contributed by atoms with Gasteiger partial charge in [0.2, 0.25) is 5.43 Å². The fourth-order valence-electron chi connectivity index (χ4n) is 1.34. The Bertz CT molecular complexity index is 642. The molecule has 2 aromatic rings. The summed E-state index contributed by atoms with van der Waals surface area (Å²) in [4.78, 5) is 14.1. The van der Waals surface area contributed by atoms with Crippen molar-refractivity contribution in [3.05, 3.63) is 45.0 Å². The Morgan fingerprint density at radius 2 is 2.20 bits per heavy atom. The second-order valence-electron chi connectivity index (χ2n) is 2.95. The van der Waals surface area contributed by atoms with Crippen molar-refractivity contribution in [1.29, 1.82) is 5.26 Å². The van der Waals surface area contributed by atoms with Gasteiger partial charge < -0.3 is 4.98 Å². The summed E-state index contributed by atoms with van der Waals surface area (Å²) in [5, 5.41) is 8.83. The Hall–Kier alpha value is -1.86. The average Bonchev–Trinajstić information content (AvgIpc) is 2.19. The van der Waals surface area contributed by atoms with Gasteiger partial charge in [-0.3, -0.25) is 4.79 Å². The normalized spacial score (nSPS) is 10.2. The predicted molar refractivity (Wildman–Crippen MR) is 54.3 cm³/mol. The molecule has 0 atom stereocenters. The molecule has 3 nitrogen and oxygen atoms in total. The molecule has 0 fully saturated rings. The maximum absolute atomic E-state index is 13.3. The van der Waals surface area contributed by atoms with Crippen molar-refractivity contribution in [2.24, 2.45) is 0 Å². The Kier molecular flexibility index (Phi) is 2.18. The second-order valence-corrected chi connectivity index (χ2v) is 3.39. The van der Waals surface area contributed by atoms with Gasteiger partial charge in [0, 0.05) is 11.2 Å². The summed E-state index contributed by atoms with van der Waals surface area (Å²) in [6, 6.07) is 4.15. The molecular formula is C10H4ClFN2O. The first-order valence-electron chi connectivity index (χ1n) is 4.04. The van der Waals surface area contributed by atoms with Crippen molar-refractivity contribution in [3.63, 3.8) is 0 Å². The topological polar surface area (TPSA) is 56.6 Å². The highest BCUT2D eigenvalue weighted by Gasteiger charge is 2.09. The van der Waals surface area contributed by atoms with Crippen molar-refractivity contribution in [2.45, 2.75) is 0 Å². The maximum Gasteiger partial charge on any atom is 0.207 e. The zero-order valence-corrected chi connectivity index (χ0v) is 8.10. The third kappa shape index (κ3) is 1.47. The van der Waals surface area contributed by atoms with Crippen LogP contribution in [0.3, 0.4) is 0 Å². The third-order valence-corrected chi connectivity index (χ3v) is 2.24. The molecule has 1 aromatic heterocycles. The van der Waals surface area contributed by atoms with E-state index < -0.39 is 11.2 Å². The average molecular weight is 223 g/mol. The lowest BCUT2D eigenvalue weighted by Crippen LogP contribution is -2.07. The van der Waals surface area contributed by atoms with E-state index in [9.17, 15) is 9.18 Å². The van der Waals surface area contributed by atoms with E-state index in [-0.39, 0.29) is 21.5 Å². The fraction of sp³-hybridized carbons (Fsp3) is 0. The molecule has 0 radical (unpaired) electrons. The van der Waals surface area contributed by atoms with Crippen LogP contribution in [0.5, 0.6) is 0 Å². The Morgan fingerprint density at radius 1 is 1.47 bits per heavy atom. The van der Waals surface area contributed by atoms with Gasteiger partial charge in [0.1, 0.15) is 17.4 Å². The first-order chi connectivity index (χ1) is 7.13. The van der Waals surface area contributed by atoms with E-state index in [0.717, 1.165) is 6.07 Å². The van der Waals surface area contributed by atoms with Gasteiger partial charge in [-0.25, -0.2) is 4.39 Å². The maximum atomic E-state index is 13.3. The number of fused-ring (bicyclic) bond motifs is 1. The lowest BCUT2D eigenvalue weighted by atomic mass is 10.1. The van der Waals surface area contributed by atoms with E-state index in [1.807, 2.05) is 0 Å². The number of hydrogen-bond donors (Lipinski definition) is 1. The molecule has 1 N–H and O–H groups in total. The van der Waals surface area contributed by atoms with Gasteiger partial charge in [-0.15, -0.1) is 0 Å². The number of aromatic nitrogens is 1. The first kappa shape index (κ1) is 9.69. The van der Waals surface area contributed by atoms with Crippen LogP contribution in [0.4, 0.5) is 4.39 Å². The van der Waals surface area contributed by atoms with Gasteiger partial charge in [-0.1, -0.05) is 11.6 Å².